The van der Waals surface area contributed by atoms with Crippen molar-refractivity contribution in [2.75, 3.05) is 65.7 Å². The first kappa shape index (κ1) is 43.0. The highest BCUT2D eigenvalue weighted by atomic mass is 16.3. The SMILES string of the molecule is CCCC/C=C/C/C=C(/CCCCCCN(CCO)CCO)C(CC/C=C/CCCC)CCCCCCN(CCO)CCO. The van der Waals surface area contributed by atoms with Crippen LogP contribution in [-0.4, -0.2) is 95.9 Å². The van der Waals surface area contributed by atoms with Crippen LogP contribution in [0, 0.1) is 5.92 Å². The van der Waals surface area contributed by atoms with Crippen LogP contribution in [-0.2, 0) is 0 Å². The predicted octanol–water partition coefficient (Wildman–Crippen LogP) is 7.67. The average Bonchev–Trinajstić information content (AvgIpc) is 3.02. The third-order valence-corrected chi connectivity index (χ3v) is 8.64. The summed E-state index contributed by atoms with van der Waals surface area (Å²) in [4.78, 5) is 4.33. The van der Waals surface area contributed by atoms with Crippen molar-refractivity contribution < 1.29 is 20.4 Å². The minimum atomic E-state index is 0.155. The zero-order valence-electron chi connectivity index (χ0n) is 29.2. The Bertz CT molecular complexity index is 655. The molecule has 0 aliphatic rings. The van der Waals surface area contributed by atoms with Gasteiger partial charge in [0.2, 0.25) is 0 Å². The summed E-state index contributed by atoms with van der Waals surface area (Å²) in [5.41, 5.74) is 1.67. The van der Waals surface area contributed by atoms with Crippen LogP contribution in [0.1, 0.15) is 136 Å². The molecule has 0 amide bonds. The van der Waals surface area contributed by atoms with Crippen LogP contribution in [0.4, 0.5) is 0 Å². The molecule has 0 aliphatic carbocycles. The Kier molecular flexibility index (Phi) is 34.0. The van der Waals surface area contributed by atoms with Gasteiger partial charge in [0, 0.05) is 26.2 Å². The summed E-state index contributed by atoms with van der Waals surface area (Å²) in [5.74, 6) is 0.653. The fourth-order valence-electron chi connectivity index (χ4n) is 5.93. The van der Waals surface area contributed by atoms with Gasteiger partial charge in [0.05, 0.1) is 26.4 Å². The van der Waals surface area contributed by atoms with Gasteiger partial charge in [0.15, 0.2) is 0 Å². The highest BCUT2D eigenvalue weighted by Gasteiger charge is 2.14. The Morgan fingerprint density at radius 1 is 0.500 bits per heavy atom. The van der Waals surface area contributed by atoms with Gasteiger partial charge in [-0.15, -0.1) is 0 Å². The van der Waals surface area contributed by atoms with Gasteiger partial charge in [0.25, 0.3) is 0 Å². The zero-order chi connectivity index (χ0) is 32.4. The van der Waals surface area contributed by atoms with Crippen molar-refractivity contribution >= 4 is 0 Å². The van der Waals surface area contributed by atoms with Gasteiger partial charge >= 0.3 is 0 Å². The molecule has 0 rings (SSSR count). The van der Waals surface area contributed by atoms with Crippen LogP contribution in [0.2, 0.25) is 0 Å². The van der Waals surface area contributed by atoms with E-state index in [9.17, 15) is 20.4 Å². The summed E-state index contributed by atoms with van der Waals surface area (Å²) in [6.45, 7) is 9.65. The lowest BCUT2D eigenvalue weighted by Gasteiger charge is -2.22. The number of rotatable bonds is 34. The Hall–Kier alpha value is -1.02. The number of nitrogens with zero attached hydrogens (tertiary/aromatic N) is 2. The van der Waals surface area contributed by atoms with Crippen LogP contribution in [0.5, 0.6) is 0 Å². The quantitative estimate of drug-likeness (QED) is 0.0435. The molecule has 0 radical (unpaired) electrons. The molecule has 0 saturated carbocycles. The molecule has 1 atom stereocenters. The Morgan fingerprint density at radius 3 is 1.50 bits per heavy atom. The monoisotopic (exact) mass is 623 g/mol. The molecule has 0 aliphatic heterocycles. The molecule has 0 aromatic heterocycles. The van der Waals surface area contributed by atoms with Crippen molar-refractivity contribution in [3.63, 3.8) is 0 Å². The number of unbranched alkanes of at least 4 members (excludes halogenated alkanes) is 10. The number of hydrogen-bond donors (Lipinski definition) is 4. The molecule has 0 fully saturated rings. The Labute approximate surface area is 273 Å². The summed E-state index contributed by atoms with van der Waals surface area (Å²) >= 11 is 0. The van der Waals surface area contributed by atoms with E-state index in [-0.39, 0.29) is 26.4 Å². The molecular weight excluding hydrogens is 548 g/mol. The molecule has 0 bridgehead atoms. The van der Waals surface area contributed by atoms with E-state index < -0.39 is 0 Å². The molecule has 0 aromatic rings. The van der Waals surface area contributed by atoms with E-state index in [0.717, 1.165) is 32.4 Å². The van der Waals surface area contributed by atoms with Crippen molar-refractivity contribution in [1.29, 1.82) is 0 Å². The first-order valence-electron chi connectivity index (χ1n) is 18.5. The molecule has 44 heavy (non-hydrogen) atoms. The maximum atomic E-state index is 9.27. The summed E-state index contributed by atoms with van der Waals surface area (Å²) in [6, 6.07) is 0. The fourth-order valence-corrected chi connectivity index (χ4v) is 5.93. The molecule has 4 N–H and O–H groups in total. The summed E-state index contributed by atoms with van der Waals surface area (Å²) in [6.07, 6.45) is 35.1. The summed E-state index contributed by atoms with van der Waals surface area (Å²) in [5, 5.41) is 37.1. The van der Waals surface area contributed by atoms with Gasteiger partial charge in [-0.1, -0.05) is 108 Å². The highest BCUT2D eigenvalue weighted by molar-refractivity contribution is 5.10. The second kappa shape index (κ2) is 34.8. The molecule has 1 unspecified atom stereocenters. The van der Waals surface area contributed by atoms with E-state index in [0.29, 0.717) is 32.1 Å². The lowest BCUT2D eigenvalue weighted by Crippen LogP contribution is -2.30. The van der Waals surface area contributed by atoms with Crippen molar-refractivity contribution in [1.82, 2.24) is 9.80 Å². The fraction of sp³-hybridized carbons (Fsp3) is 0.842. The standard InChI is InChI=1S/C38H74N2O4/c1-3-5-7-9-11-17-23-37(25-19-13-15-21-27-39(29-33-41)30-34-42)38(24-18-12-10-8-6-4-2)26-20-14-16-22-28-40(31-35-43)32-36-44/h9-12,23,38,41-44H,3-8,13-22,24-36H2,1-2H3/b11-9+,12-10+,37-23-. The average molecular weight is 623 g/mol. The molecular formula is C38H74N2O4. The number of aliphatic hydroxyl groups is 4. The molecule has 0 spiro atoms. The molecule has 0 heterocycles. The largest absolute Gasteiger partial charge is 0.395 e. The second-order valence-electron chi connectivity index (χ2n) is 12.5. The Morgan fingerprint density at radius 2 is 0.977 bits per heavy atom. The molecule has 0 saturated heterocycles. The maximum Gasteiger partial charge on any atom is 0.0558 e. The van der Waals surface area contributed by atoms with E-state index in [4.69, 9.17) is 0 Å². The molecule has 0 aromatic carbocycles. The zero-order valence-corrected chi connectivity index (χ0v) is 29.2. The van der Waals surface area contributed by atoms with E-state index in [2.05, 4.69) is 54.0 Å². The van der Waals surface area contributed by atoms with E-state index in [1.165, 1.54) is 103 Å². The van der Waals surface area contributed by atoms with E-state index in [1.54, 1.807) is 5.57 Å². The van der Waals surface area contributed by atoms with Gasteiger partial charge in [0.1, 0.15) is 0 Å². The second-order valence-corrected chi connectivity index (χ2v) is 12.5. The minimum Gasteiger partial charge on any atom is -0.395 e. The molecule has 6 heteroatoms. The highest BCUT2D eigenvalue weighted by Crippen LogP contribution is 2.29. The predicted molar refractivity (Wildman–Crippen MR) is 190 cm³/mol. The van der Waals surface area contributed by atoms with Crippen LogP contribution in [0.15, 0.2) is 36.0 Å². The number of aliphatic hydroxyl groups excluding tert-OH is 4. The lowest BCUT2D eigenvalue weighted by molar-refractivity contribution is 0.158. The van der Waals surface area contributed by atoms with Crippen LogP contribution >= 0.6 is 0 Å². The van der Waals surface area contributed by atoms with Crippen molar-refractivity contribution in [3.05, 3.63) is 36.0 Å². The Balaban J connectivity index is 5.14. The molecule has 6 nitrogen and oxygen atoms in total. The van der Waals surface area contributed by atoms with Crippen LogP contribution in [0.25, 0.3) is 0 Å². The van der Waals surface area contributed by atoms with Gasteiger partial charge in [-0.3, -0.25) is 9.80 Å². The summed E-state index contributed by atoms with van der Waals surface area (Å²) < 4.78 is 0. The van der Waals surface area contributed by atoms with Crippen molar-refractivity contribution in [2.45, 2.75) is 136 Å². The van der Waals surface area contributed by atoms with E-state index in [1.807, 2.05) is 0 Å². The van der Waals surface area contributed by atoms with Gasteiger partial charge < -0.3 is 20.4 Å². The first-order valence-corrected chi connectivity index (χ1v) is 18.5. The number of hydrogen-bond acceptors (Lipinski definition) is 6. The normalized spacial score (nSPS) is 13.4. The van der Waals surface area contributed by atoms with Gasteiger partial charge in [-0.25, -0.2) is 0 Å². The first-order chi connectivity index (χ1) is 21.7. The maximum absolute atomic E-state index is 9.27. The topological polar surface area (TPSA) is 87.4 Å². The third-order valence-electron chi connectivity index (χ3n) is 8.64. The third kappa shape index (κ3) is 27.3. The number of allylic oxidation sites excluding steroid dienone is 6. The van der Waals surface area contributed by atoms with Crippen molar-refractivity contribution in [3.8, 4) is 0 Å². The lowest BCUT2D eigenvalue weighted by atomic mass is 9.85. The van der Waals surface area contributed by atoms with Gasteiger partial charge in [-0.05, 0) is 83.2 Å². The minimum absolute atomic E-state index is 0.155. The molecule has 260 valence electrons. The van der Waals surface area contributed by atoms with Crippen molar-refractivity contribution in [2.24, 2.45) is 5.92 Å². The van der Waals surface area contributed by atoms with Crippen LogP contribution < -0.4 is 0 Å². The summed E-state index contributed by atoms with van der Waals surface area (Å²) in [7, 11) is 0. The van der Waals surface area contributed by atoms with Gasteiger partial charge in [-0.2, -0.15) is 0 Å². The smallest absolute Gasteiger partial charge is 0.0558 e. The van der Waals surface area contributed by atoms with E-state index >= 15 is 0 Å². The van der Waals surface area contributed by atoms with Crippen LogP contribution in [0.3, 0.4) is 0 Å².